The van der Waals surface area contributed by atoms with Gasteiger partial charge in [-0.1, -0.05) is 48.5 Å². The number of alkyl halides is 3. The lowest BCUT2D eigenvalue weighted by atomic mass is 9.89. The van der Waals surface area contributed by atoms with Gasteiger partial charge in [-0.15, -0.1) is 0 Å². The van der Waals surface area contributed by atoms with E-state index in [-0.39, 0.29) is 18.9 Å². The van der Waals surface area contributed by atoms with Crippen LogP contribution in [0.5, 0.6) is 0 Å². The highest BCUT2D eigenvalue weighted by Gasteiger charge is 2.57. The molecule has 2 aliphatic rings. The van der Waals surface area contributed by atoms with Crippen LogP contribution in [-0.4, -0.2) is 41.8 Å². The minimum Gasteiger partial charge on any atom is -0.367 e. The number of nitrogens with zero attached hydrogens (tertiary/aromatic N) is 1. The Kier molecular flexibility index (Phi) is 5.92. The van der Waals surface area contributed by atoms with Crippen LogP contribution >= 0.6 is 0 Å². The number of fused-ring (bicyclic) bond motifs is 1. The van der Waals surface area contributed by atoms with E-state index in [0.29, 0.717) is 22.4 Å². The fourth-order valence-corrected chi connectivity index (χ4v) is 4.22. The van der Waals surface area contributed by atoms with Crippen LogP contribution in [0.1, 0.15) is 35.2 Å². The normalized spacial score (nSPS) is 23.1. The topological polar surface area (TPSA) is 73.5 Å². The van der Waals surface area contributed by atoms with Gasteiger partial charge in [-0.3, -0.25) is 14.6 Å². The van der Waals surface area contributed by atoms with Crippen LogP contribution in [0.25, 0.3) is 0 Å². The molecule has 1 fully saturated rings. The van der Waals surface area contributed by atoms with E-state index in [9.17, 15) is 22.8 Å². The molecule has 2 aromatic rings. The van der Waals surface area contributed by atoms with Crippen molar-refractivity contribution in [2.24, 2.45) is 0 Å². The molecular formula is C23H23F3N4O2. The van der Waals surface area contributed by atoms with E-state index in [2.05, 4.69) is 16.1 Å². The smallest absolute Gasteiger partial charge is 0.367 e. The van der Waals surface area contributed by atoms with Crippen molar-refractivity contribution in [2.45, 2.75) is 37.6 Å². The largest absolute Gasteiger partial charge is 0.406 e. The average Bonchev–Trinajstić information content (AvgIpc) is 3.17. The van der Waals surface area contributed by atoms with Crippen molar-refractivity contribution in [3.05, 3.63) is 83.1 Å². The summed E-state index contributed by atoms with van der Waals surface area (Å²) in [5, 5.41) is 6.87. The SMILES string of the molecule is CC1=C(CCNC(=O)c2ccccc2)C(=O)N2NC(C(F)(F)F)C(c3ccccc3)C2N1. The van der Waals surface area contributed by atoms with Crippen LogP contribution in [0.2, 0.25) is 0 Å². The molecule has 0 saturated carbocycles. The third-order valence-electron chi connectivity index (χ3n) is 5.78. The lowest BCUT2D eigenvalue weighted by Crippen LogP contribution is -2.55. The zero-order valence-electron chi connectivity index (χ0n) is 17.3. The summed E-state index contributed by atoms with van der Waals surface area (Å²) < 4.78 is 41.5. The highest BCUT2D eigenvalue weighted by molar-refractivity contribution is 5.96. The molecule has 1 saturated heterocycles. The number of carbonyl (C=O) groups is 2. The Hall–Kier alpha value is -3.33. The first kappa shape index (κ1) is 21.9. The molecule has 2 amide bonds. The second-order valence-corrected chi connectivity index (χ2v) is 7.82. The molecule has 0 bridgehead atoms. The van der Waals surface area contributed by atoms with E-state index in [1.54, 1.807) is 67.6 Å². The van der Waals surface area contributed by atoms with E-state index in [1.165, 1.54) is 0 Å². The number of carbonyl (C=O) groups excluding carboxylic acids is 2. The number of amides is 2. The summed E-state index contributed by atoms with van der Waals surface area (Å²) in [6.07, 6.45) is -5.23. The van der Waals surface area contributed by atoms with Crippen molar-refractivity contribution in [2.75, 3.05) is 6.54 Å². The Labute approximate surface area is 183 Å². The number of benzene rings is 2. The standard InChI is InChI=1S/C23H23F3N4O2/c1-14-17(12-13-27-21(31)16-10-6-3-7-11-16)22(32)30-20(28-14)18(15-8-4-2-5-9-15)19(29-30)23(24,25)26/h2-11,18-20,28-29H,12-13H2,1H3,(H,27,31). The lowest BCUT2D eigenvalue weighted by molar-refractivity contribution is -0.161. The Morgan fingerprint density at radius 2 is 1.69 bits per heavy atom. The summed E-state index contributed by atoms with van der Waals surface area (Å²) in [4.78, 5) is 25.3. The molecule has 6 nitrogen and oxygen atoms in total. The van der Waals surface area contributed by atoms with Crippen LogP contribution in [0.4, 0.5) is 13.2 Å². The van der Waals surface area contributed by atoms with Crippen molar-refractivity contribution in [3.63, 3.8) is 0 Å². The van der Waals surface area contributed by atoms with Crippen LogP contribution in [0.3, 0.4) is 0 Å². The van der Waals surface area contributed by atoms with Gasteiger partial charge in [0.2, 0.25) is 0 Å². The Bertz CT molecular complexity index is 1020. The highest BCUT2D eigenvalue weighted by Crippen LogP contribution is 2.41. The van der Waals surface area contributed by atoms with E-state index in [4.69, 9.17) is 0 Å². The molecule has 0 radical (unpaired) electrons. The Morgan fingerprint density at radius 3 is 2.31 bits per heavy atom. The molecule has 3 atom stereocenters. The van der Waals surface area contributed by atoms with E-state index < -0.39 is 30.2 Å². The maximum absolute atomic E-state index is 13.8. The maximum atomic E-state index is 13.8. The molecule has 168 valence electrons. The van der Waals surface area contributed by atoms with Crippen molar-refractivity contribution in [3.8, 4) is 0 Å². The third-order valence-corrected chi connectivity index (χ3v) is 5.78. The third kappa shape index (κ3) is 4.20. The maximum Gasteiger partial charge on any atom is 0.406 e. The van der Waals surface area contributed by atoms with Crippen molar-refractivity contribution in [1.82, 2.24) is 21.1 Å². The van der Waals surface area contributed by atoms with Crippen molar-refractivity contribution >= 4 is 11.8 Å². The van der Waals surface area contributed by atoms with E-state index in [1.807, 2.05) is 0 Å². The number of rotatable bonds is 5. The average molecular weight is 444 g/mol. The molecule has 32 heavy (non-hydrogen) atoms. The summed E-state index contributed by atoms with van der Waals surface area (Å²) in [7, 11) is 0. The first-order chi connectivity index (χ1) is 15.3. The molecule has 0 aromatic heterocycles. The summed E-state index contributed by atoms with van der Waals surface area (Å²) in [5.74, 6) is -1.80. The second kappa shape index (κ2) is 8.66. The van der Waals surface area contributed by atoms with Gasteiger partial charge < -0.3 is 10.6 Å². The minimum atomic E-state index is -4.54. The van der Waals surface area contributed by atoms with Gasteiger partial charge >= 0.3 is 6.18 Å². The number of hydrogen-bond acceptors (Lipinski definition) is 4. The van der Waals surface area contributed by atoms with Crippen LogP contribution < -0.4 is 16.1 Å². The zero-order valence-corrected chi connectivity index (χ0v) is 17.3. The number of allylic oxidation sites excluding steroid dienone is 1. The molecular weight excluding hydrogens is 421 g/mol. The number of halogens is 3. The lowest BCUT2D eigenvalue weighted by Gasteiger charge is -2.35. The molecule has 2 heterocycles. The highest BCUT2D eigenvalue weighted by atomic mass is 19.4. The van der Waals surface area contributed by atoms with Crippen LogP contribution in [0.15, 0.2) is 71.9 Å². The molecule has 3 unspecified atom stereocenters. The van der Waals surface area contributed by atoms with Gasteiger partial charge in [-0.05, 0) is 31.0 Å². The molecule has 4 rings (SSSR count). The molecule has 2 aliphatic heterocycles. The monoisotopic (exact) mass is 444 g/mol. The van der Waals surface area contributed by atoms with E-state index in [0.717, 1.165) is 5.01 Å². The second-order valence-electron chi connectivity index (χ2n) is 7.82. The quantitative estimate of drug-likeness (QED) is 0.663. The van der Waals surface area contributed by atoms with Gasteiger partial charge in [0.15, 0.2) is 0 Å². The predicted molar refractivity (Wildman–Crippen MR) is 112 cm³/mol. The first-order valence-corrected chi connectivity index (χ1v) is 10.3. The van der Waals surface area contributed by atoms with Gasteiger partial charge in [0.25, 0.3) is 11.8 Å². The molecule has 2 aromatic carbocycles. The van der Waals surface area contributed by atoms with Gasteiger partial charge in [0, 0.05) is 23.4 Å². The van der Waals surface area contributed by atoms with Crippen molar-refractivity contribution in [1.29, 1.82) is 0 Å². The molecule has 0 spiro atoms. The van der Waals surface area contributed by atoms with Gasteiger partial charge in [-0.25, -0.2) is 5.43 Å². The zero-order chi connectivity index (χ0) is 22.9. The Morgan fingerprint density at radius 1 is 1.06 bits per heavy atom. The van der Waals surface area contributed by atoms with E-state index >= 15 is 0 Å². The predicted octanol–water partition coefficient (Wildman–Crippen LogP) is 3.07. The molecule has 3 N–H and O–H groups in total. The van der Waals surface area contributed by atoms with Crippen LogP contribution in [0, 0.1) is 0 Å². The summed E-state index contributed by atoms with van der Waals surface area (Å²) in [5.41, 5.74) is 4.20. The molecule has 9 heteroatoms. The fourth-order valence-electron chi connectivity index (χ4n) is 4.22. The fraction of sp³-hybridized carbons (Fsp3) is 0.304. The summed E-state index contributed by atoms with van der Waals surface area (Å²) in [6, 6.07) is 15.1. The minimum absolute atomic E-state index is 0.178. The molecule has 0 aliphatic carbocycles. The van der Waals surface area contributed by atoms with Gasteiger partial charge in [0.1, 0.15) is 12.2 Å². The summed E-state index contributed by atoms with van der Waals surface area (Å²) in [6.45, 7) is 1.85. The summed E-state index contributed by atoms with van der Waals surface area (Å²) >= 11 is 0. The van der Waals surface area contributed by atoms with Crippen molar-refractivity contribution < 1.29 is 22.8 Å². The number of hydrazine groups is 1. The number of nitrogens with one attached hydrogen (secondary N) is 3. The number of hydrogen-bond donors (Lipinski definition) is 3. The van der Waals surface area contributed by atoms with Gasteiger partial charge in [0.05, 0.1) is 5.92 Å². The first-order valence-electron chi connectivity index (χ1n) is 10.3. The van der Waals surface area contributed by atoms with Crippen LogP contribution in [-0.2, 0) is 4.79 Å². The van der Waals surface area contributed by atoms with Gasteiger partial charge in [-0.2, -0.15) is 13.2 Å². The Balaban J connectivity index is 1.51.